The van der Waals surface area contributed by atoms with Gasteiger partial charge in [-0.2, -0.15) is 0 Å². The summed E-state index contributed by atoms with van der Waals surface area (Å²) in [4.78, 5) is 8.62. The van der Waals surface area contributed by atoms with E-state index < -0.39 is 0 Å². The Morgan fingerprint density at radius 2 is 2.00 bits per heavy atom. The molecule has 0 amide bonds. The van der Waals surface area contributed by atoms with Crippen LogP contribution in [0.2, 0.25) is 0 Å². The van der Waals surface area contributed by atoms with Gasteiger partial charge in [-0.1, -0.05) is 27.7 Å². The molecule has 0 fully saturated rings. The Kier molecular flexibility index (Phi) is 13.7. The first-order valence-corrected chi connectivity index (χ1v) is 5.25. The average molecular weight is 203 g/mol. The maximum atomic E-state index is 5.41. The van der Waals surface area contributed by atoms with Crippen LogP contribution in [0, 0.1) is 5.92 Å². The first-order chi connectivity index (χ1) is 6.66. The van der Waals surface area contributed by atoms with E-state index in [9.17, 15) is 0 Å². The van der Waals surface area contributed by atoms with Crippen LogP contribution in [0.3, 0.4) is 0 Å². The summed E-state index contributed by atoms with van der Waals surface area (Å²) in [5.41, 5.74) is 7.88. The van der Waals surface area contributed by atoms with Crippen molar-refractivity contribution in [3.63, 3.8) is 0 Å². The van der Waals surface area contributed by atoms with Gasteiger partial charge in [0.05, 0.1) is 7.11 Å². The second kappa shape index (κ2) is 12.2. The Morgan fingerprint density at radius 1 is 1.43 bits per heavy atom. The number of nitrogens with one attached hydrogen (secondary N) is 1. The Morgan fingerprint density at radius 3 is 2.43 bits per heavy atom. The van der Waals surface area contributed by atoms with Crippen molar-refractivity contribution in [3.05, 3.63) is 0 Å². The Labute approximate surface area is 87.9 Å². The van der Waals surface area contributed by atoms with Crippen molar-refractivity contribution < 1.29 is 4.84 Å². The van der Waals surface area contributed by atoms with Gasteiger partial charge in [0.1, 0.15) is 0 Å². The molecule has 0 aromatic carbocycles. The zero-order valence-electron chi connectivity index (χ0n) is 10.1. The summed E-state index contributed by atoms with van der Waals surface area (Å²) in [7, 11) is 1.51. The lowest BCUT2D eigenvalue weighted by Gasteiger charge is -2.03. The van der Waals surface area contributed by atoms with Crippen LogP contribution in [0.5, 0.6) is 0 Å². The Bertz CT molecular complexity index is 135. The molecule has 4 heteroatoms. The van der Waals surface area contributed by atoms with Crippen molar-refractivity contribution in [2.24, 2.45) is 16.6 Å². The molecule has 0 aromatic rings. The molecule has 0 aliphatic carbocycles. The molecule has 0 aromatic heterocycles. The van der Waals surface area contributed by atoms with Gasteiger partial charge in [-0.15, -0.1) is 0 Å². The molecular formula is C10H25N3O. The monoisotopic (exact) mass is 203 g/mol. The number of nitrogens with zero attached hydrogens (tertiary/aromatic N) is 1. The van der Waals surface area contributed by atoms with Crippen molar-refractivity contribution in [1.29, 1.82) is 0 Å². The summed E-state index contributed by atoms with van der Waals surface area (Å²) in [6.07, 6.45) is 2.26. The largest absolute Gasteiger partial charge is 0.368 e. The van der Waals surface area contributed by atoms with Crippen molar-refractivity contribution in [3.8, 4) is 0 Å². The predicted octanol–water partition coefficient (Wildman–Crippen LogP) is 1.91. The highest BCUT2D eigenvalue weighted by atomic mass is 16.6. The highest BCUT2D eigenvalue weighted by Crippen LogP contribution is 2.02. The van der Waals surface area contributed by atoms with E-state index in [1.807, 2.05) is 13.8 Å². The fraction of sp³-hybridized carbons (Fsp3) is 0.900. The molecule has 0 atom stereocenters. The van der Waals surface area contributed by atoms with Crippen LogP contribution >= 0.6 is 0 Å². The first-order valence-electron chi connectivity index (χ1n) is 5.25. The number of guanidine groups is 1. The summed E-state index contributed by atoms with van der Waals surface area (Å²) < 4.78 is 0. The van der Waals surface area contributed by atoms with Crippen molar-refractivity contribution in [2.45, 2.75) is 40.5 Å². The van der Waals surface area contributed by atoms with E-state index in [-0.39, 0.29) is 0 Å². The molecule has 0 spiro atoms. The summed E-state index contributed by atoms with van der Waals surface area (Å²) in [5.74, 6) is 1.08. The molecular weight excluding hydrogens is 178 g/mol. The SMILES string of the molecule is CC.CONC(N)=NCCCC(C)C. The van der Waals surface area contributed by atoms with Crippen molar-refractivity contribution in [2.75, 3.05) is 13.7 Å². The minimum Gasteiger partial charge on any atom is -0.368 e. The molecule has 0 aliphatic rings. The standard InChI is InChI=1S/C8H19N3O.C2H6/c1-7(2)5-4-6-10-8(9)11-12-3;1-2/h7H,4-6H2,1-3H3,(H3,9,10,11);1-2H3. The third-order valence-corrected chi connectivity index (χ3v) is 1.43. The van der Waals surface area contributed by atoms with E-state index in [1.165, 1.54) is 13.5 Å². The number of hydrogen-bond acceptors (Lipinski definition) is 2. The molecule has 0 saturated carbocycles. The Balaban J connectivity index is 0. The summed E-state index contributed by atoms with van der Waals surface area (Å²) >= 11 is 0. The number of nitrogens with two attached hydrogens (primary N) is 1. The van der Waals surface area contributed by atoms with Gasteiger partial charge in [-0.3, -0.25) is 9.83 Å². The smallest absolute Gasteiger partial charge is 0.213 e. The van der Waals surface area contributed by atoms with Gasteiger partial charge in [0.15, 0.2) is 0 Å². The molecule has 0 heterocycles. The number of rotatable bonds is 5. The van der Waals surface area contributed by atoms with E-state index in [1.54, 1.807) is 0 Å². The molecule has 4 nitrogen and oxygen atoms in total. The maximum absolute atomic E-state index is 5.41. The number of hydroxylamine groups is 1. The van der Waals surface area contributed by atoms with Crippen LogP contribution in [0.4, 0.5) is 0 Å². The van der Waals surface area contributed by atoms with E-state index in [0.29, 0.717) is 5.96 Å². The third-order valence-electron chi connectivity index (χ3n) is 1.43. The minimum absolute atomic E-state index is 0.348. The summed E-state index contributed by atoms with van der Waals surface area (Å²) in [6.45, 7) is 9.15. The van der Waals surface area contributed by atoms with Gasteiger partial charge in [-0.25, -0.2) is 5.48 Å². The van der Waals surface area contributed by atoms with E-state index in [2.05, 4.69) is 29.2 Å². The highest BCUT2D eigenvalue weighted by molar-refractivity contribution is 5.76. The lowest BCUT2D eigenvalue weighted by Crippen LogP contribution is -2.30. The number of hydrogen-bond donors (Lipinski definition) is 2. The molecule has 0 radical (unpaired) electrons. The van der Waals surface area contributed by atoms with Crippen LogP contribution in [0.25, 0.3) is 0 Å². The Hall–Kier alpha value is -0.770. The summed E-state index contributed by atoms with van der Waals surface area (Å²) in [5, 5.41) is 0. The average Bonchev–Trinajstić information content (AvgIpc) is 2.16. The van der Waals surface area contributed by atoms with Gasteiger partial charge in [0, 0.05) is 6.54 Å². The van der Waals surface area contributed by atoms with Crippen LogP contribution in [0.15, 0.2) is 4.99 Å². The quantitative estimate of drug-likeness (QED) is 0.310. The summed E-state index contributed by atoms with van der Waals surface area (Å²) in [6, 6.07) is 0. The zero-order chi connectivity index (χ0) is 11.4. The van der Waals surface area contributed by atoms with Gasteiger partial charge < -0.3 is 5.73 Å². The topological polar surface area (TPSA) is 59.6 Å². The second-order valence-electron chi connectivity index (χ2n) is 3.11. The van der Waals surface area contributed by atoms with Crippen LogP contribution in [-0.4, -0.2) is 19.6 Å². The van der Waals surface area contributed by atoms with Crippen LogP contribution in [-0.2, 0) is 4.84 Å². The molecule has 0 saturated heterocycles. The van der Waals surface area contributed by atoms with Gasteiger partial charge in [0.2, 0.25) is 5.96 Å². The zero-order valence-corrected chi connectivity index (χ0v) is 10.1. The lowest BCUT2D eigenvalue weighted by molar-refractivity contribution is 0.143. The molecule has 0 bridgehead atoms. The molecule has 0 rings (SSSR count). The van der Waals surface area contributed by atoms with E-state index in [0.717, 1.165) is 18.9 Å². The second-order valence-corrected chi connectivity index (χ2v) is 3.11. The van der Waals surface area contributed by atoms with E-state index in [4.69, 9.17) is 5.73 Å². The highest BCUT2D eigenvalue weighted by Gasteiger charge is 1.93. The molecule has 14 heavy (non-hydrogen) atoms. The molecule has 86 valence electrons. The van der Waals surface area contributed by atoms with Gasteiger partial charge in [-0.05, 0) is 18.8 Å². The fourth-order valence-corrected chi connectivity index (χ4v) is 0.836. The van der Waals surface area contributed by atoms with Crippen LogP contribution in [0.1, 0.15) is 40.5 Å². The number of aliphatic imine (C=N–C) groups is 1. The first kappa shape index (κ1) is 15.7. The van der Waals surface area contributed by atoms with Crippen LogP contribution < -0.4 is 11.2 Å². The van der Waals surface area contributed by atoms with E-state index >= 15 is 0 Å². The maximum Gasteiger partial charge on any atom is 0.213 e. The van der Waals surface area contributed by atoms with Gasteiger partial charge in [0.25, 0.3) is 0 Å². The normalized spacial score (nSPS) is 10.9. The molecule has 0 aliphatic heterocycles. The fourth-order valence-electron chi connectivity index (χ4n) is 0.836. The minimum atomic E-state index is 0.348. The molecule has 3 N–H and O–H groups in total. The third kappa shape index (κ3) is 13.8. The molecule has 0 unspecified atom stereocenters. The van der Waals surface area contributed by atoms with Crippen molar-refractivity contribution >= 4 is 5.96 Å². The van der Waals surface area contributed by atoms with Crippen molar-refractivity contribution in [1.82, 2.24) is 5.48 Å². The van der Waals surface area contributed by atoms with Gasteiger partial charge >= 0.3 is 0 Å². The lowest BCUT2D eigenvalue weighted by atomic mass is 10.1. The predicted molar refractivity (Wildman–Crippen MR) is 62.1 cm³/mol.